The van der Waals surface area contributed by atoms with Gasteiger partial charge in [0.25, 0.3) is 5.91 Å². The van der Waals surface area contributed by atoms with Gasteiger partial charge in [-0.1, -0.05) is 25.1 Å². The smallest absolute Gasteiger partial charge is 0.349 e. The molecule has 2 unspecified atom stereocenters. The summed E-state index contributed by atoms with van der Waals surface area (Å²) in [7, 11) is 0. The van der Waals surface area contributed by atoms with Crippen LogP contribution < -0.4 is 11.4 Å². The summed E-state index contributed by atoms with van der Waals surface area (Å²) in [6.07, 6.45) is 0.756. The SMILES string of the molecule is CC1CN(C(=O)c2cc3ccccc3oc2=O)CCC1N. The van der Waals surface area contributed by atoms with E-state index >= 15 is 0 Å². The Morgan fingerprint density at radius 1 is 1.38 bits per heavy atom. The number of nitrogens with zero attached hydrogens (tertiary/aromatic N) is 1. The Hall–Kier alpha value is -2.14. The van der Waals surface area contributed by atoms with Crippen LogP contribution in [-0.4, -0.2) is 29.9 Å². The van der Waals surface area contributed by atoms with Crippen molar-refractivity contribution in [2.45, 2.75) is 19.4 Å². The second-order valence-electron chi connectivity index (χ2n) is 5.67. The summed E-state index contributed by atoms with van der Waals surface area (Å²) >= 11 is 0. The summed E-state index contributed by atoms with van der Waals surface area (Å²) in [5.41, 5.74) is 5.97. The fourth-order valence-electron chi connectivity index (χ4n) is 2.73. The minimum absolute atomic E-state index is 0.0939. The molecule has 1 saturated heterocycles. The number of hydrogen-bond donors (Lipinski definition) is 1. The third kappa shape index (κ3) is 2.56. The van der Waals surface area contributed by atoms with Gasteiger partial charge in [0.1, 0.15) is 11.1 Å². The number of likely N-dealkylation sites (tertiary alicyclic amines) is 1. The van der Waals surface area contributed by atoms with Crippen LogP contribution in [0.5, 0.6) is 0 Å². The van der Waals surface area contributed by atoms with Crippen LogP contribution in [0.4, 0.5) is 0 Å². The number of para-hydroxylation sites is 1. The second-order valence-corrected chi connectivity index (χ2v) is 5.67. The van der Waals surface area contributed by atoms with E-state index < -0.39 is 5.63 Å². The number of fused-ring (bicyclic) bond motifs is 1. The molecule has 21 heavy (non-hydrogen) atoms. The topological polar surface area (TPSA) is 76.5 Å². The molecule has 5 nitrogen and oxygen atoms in total. The number of hydrogen-bond acceptors (Lipinski definition) is 4. The lowest BCUT2D eigenvalue weighted by atomic mass is 9.94. The van der Waals surface area contributed by atoms with E-state index in [1.165, 1.54) is 0 Å². The Morgan fingerprint density at radius 2 is 2.14 bits per heavy atom. The summed E-state index contributed by atoms with van der Waals surface area (Å²) in [6, 6.07) is 8.90. The molecular formula is C16H18N2O3. The van der Waals surface area contributed by atoms with Crippen molar-refractivity contribution in [1.29, 1.82) is 0 Å². The fraction of sp³-hybridized carbons (Fsp3) is 0.375. The van der Waals surface area contributed by atoms with Gasteiger partial charge in [-0.2, -0.15) is 0 Å². The van der Waals surface area contributed by atoms with Gasteiger partial charge >= 0.3 is 5.63 Å². The van der Waals surface area contributed by atoms with Crippen molar-refractivity contribution >= 4 is 16.9 Å². The van der Waals surface area contributed by atoms with Crippen LogP contribution in [0.3, 0.4) is 0 Å². The van der Waals surface area contributed by atoms with Gasteiger partial charge in [-0.3, -0.25) is 4.79 Å². The highest BCUT2D eigenvalue weighted by molar-refractivity contribution is 5.96. The second kappa shape index (κ2) is 5.33. The number of rotatable bonds is 1. The zero-order valence-corrected chi connectivity index (χ0v) is 11.9. The molecule has 5 heteroatoms. The number of piperidine rings is 1. The summed E-state index contributed by atoms with van der Waals surface area (Å²) in [6.45, 7) is 3.18. The average molecular weight is 286 g/mol. The molecule has 1 fully saturated rings. The van der Waals surface area contributed by atoms with E-state index in [0.717, 1.165) is 11.8 Å². The van der Waals surface area contributed by atoms with Crippen LogP contribution in [0.1, 0.15) is 23.7 Å². The van der Waals surface area contributed by atoms with Crippen molar-refractivity contribution in [2.75, 3.05) is 13.1 Å². The van der Waals surface area contributed by atoms with Crippen molar-refractivity contribution in [3.63, 3.8) is 0 Å². The predicted molar refractivity (Wildman–Crippen MR) is 80.1 cm³/mol. The summed E-state index contributed by atoms with van der Waals surface area (Å²) in [5.74, 6) is -0.0385. The van der Waals surface area contributed by atoms with Gasteiger partial charge in [0.15, 0.2) is 0 Å². The van der Waals surface area contributed by atoms with E-state index in [0.29, 0.717) is 18.7 Å². The maximum absolute atomic E-state index is 12.5. The molecule has 0 aliphatic carbocycles. The lowest BCUT2D eigenvalue weighted by Gasteiger charge is -2.34. The van der Waals surface area contributed by atoms with E-state index in [1.54, 1.807) is 23.1 Å². The first-order chi connectivity index (χ1) is 10.1. The molecule has 1 aromatic heterocycles. The van der Waals surface area contributed by atoms with Gasteiger partial charge in [0.2, 0.25) is 0 Å². The molecule has 110 valence electrons. The standard InChI is InChI=1S/C16H18N2O3/c1-10-9-18(7-6-13(10)17)15(19)12-8-11-4-2-3-5-14(11)21-16(12)20/h2-5,8,10,13H,6-7,9,17H2,1H3. The molecule has 0 bridgehead atoms. The summed E-state index contributed by atoms with van der Waals surface area (Å²) in [5, 5.41) is 0.752. The minimum atomic E-state index is -0.582. The first-order valence-corrected chi connectivity index (χ1v) is 7.14. The van der Waals surface area contributed by atoms with Crippen molar-refractivity contribution in [1.82, 2.24) is 4.90 Å². The number of carbonyl (C=O) groups is 1. The van der Waals surface area contributed by atoms with Crippen LogP contribution in [-0.2, 0) is 0 Å². The maximum atomic E-state index is 12.5. The van der Waals surface area contributed by atoms with Gasteiger partial charge in [0.05, 0.1) is 0 Å². The normalized spacial score (nSPS) is 22.5. The molecule has 0 spiro atoms. The van der Waals surface area contributed by atoms with Crippen molar-refractivity contribution < 1.29 is 9.21 Å². The third-order valence-corrected chi connectivity index (χ3v) is 4.13. The van der Waals surface area contributed by atoms with Crippen LogP contribution >= 0.6 is 0 Å². The molecule has 1 aliphatic heterocycles. The van der Waals surface area contributed by atoms with Gasteiger partial charge in [0, 0.05) is 24.5 Å². The third-order valence-electron chi connectivity index (χ3n) is 4.13. The molecule has 1 aromatic carbocycles. The monoisotopic (exact) mass is 286 g/mol. The largest absolute Gasteiger partial charge is 0.422 e. The molecular weight excluding hydrogens is 268 g/mol. The Labute approximate surface area is 122 Å². The molecule has 2 atom stereocenters. The molecule has 2 aromatic rings. The van der Waals surface area contributed by atoms with Gasteiger partial charge in [-0.05, 0) is 24.5 Å². The van der Waals surface area contributed by atoms with E-state index in [2.05, 4.69) is 0 Å². The average Bonchev–Trinajstić information content (AvgIpc) is 2.48. The minimum Gasteiger partial charge on any atom is -0.422 e. The van der Waals surface area contributed by atoms with Gasteiger partial charge in [-0.25, -0.2) is 4.79 Å². The highest BCUT2D eigenvalue weighted by Crippen LogP contribution is 2.18. The quantitative estimate of drug-likeness (QED) is 0.808. The van der Waals surface area contributed by atoms with Crippen LogP contribution in [0.15, 0.2) is 39.5 Å². The fourth-order valence-corrected chi connectivity index (χ4v) is 2.73. The highest BCUT2D eigenvalue weighted by atomic mass is 16.4. The molecule has 1 amide bonds. The Kier molecular flexibility index (Phi) is 3.51. The zero-order chi connectivity index (χ0) is 15.0. The van der Waals surface area contributed by atoms with E-state index in [4.69, 9.17) is 10.2 Å². The summed E-state index contributed by atoms with van der Waals surface area (Å²) in [4.78, 5) is 26.3. The van der Waals surface area contributed by atoms with Crippen LogP contribution in [0, 0.1) is 5.92 Å². The molecule has 1 aliphatic rings. The number of amides is 1. The lowest BCUT2D eigenvalue weighted by molar-refractivity contribution is 0.0660. The number of carbonyl (C=O) groups excluding carboxylic acids is 1. The van der Waals surface area contributed by atoms with Crippen molar-refractivity contribution in [2.24, 2.45) is 11.7 Å². The molecule has 2 N–H and O–H groups in total. The summed E-state index contributed by atoms with van der Waals surface area (Å²) < 4.78 is 5.22. The van der Waals surface area contributed by atoms with Crippen molar-refractivity contribution in [3.05, 3.63) is 46.3 Å². The highest BCUT2D eigenvalue weighted by Gasteiger charge is 2.28. The number of nitrogens with two attached hydrogens (primary N) is 1. The zero-order valence-electron chi connectivity index (χ0n) is 11.9. The molecule has 3 rings (SSSR count). The van der Waals surface area contributed by atoms with E-state index in [-0.39, 0.29) is 23.4 Å². The molecule has 0 saturated carbocycles. The van der Waals surface area contributed by atoms with E-state index in [1.807, 2.05) is 19.1 Å². The maximum Gasteiger partial charge on any atom is 0.349 e. The Morgan fingerprint density at radius 3 is 2.90 bits per heavy atom. The van der Waals surface area contributed by atoms with Gasteiger partial charge in [-0.15, -0.1) is 0 Å². The number of benzene rings is 1. The van der Waals surface area contributed by atoms with Crippen LogP contribution in [0.25, 0.3) is 11.0 Å². The van der Waals surface area contributed by atoms with Crippen LogP contribution in [0.2, 0.25) is 0 Å². The van der Waals surface area contributed by atoms with E-state index in [9.17, 15) is 9.59 Å². The van der Waals surface area contributed by atoms with Crippen molar-refractivity contribution in [3.8, 4) is 0 Å². The van der Waals surface area contributed by atoms with Gasteiger partial charge < -0.3 is 15.1 Å². The Balaban J connectivity index is 1.94. The predicted octanol–water partition coefficient (Wildman–Crippen LogP) is 1.60. The molecule has 2 heterocycles. The Bertz CT molecular complexity index is 738. The lowest BCUT2D eigenvalue weighted by Crippen LogP contribution is -2.48. The first kappa shape index (κ1) is 13.8. The molecule has 0 radical (unpaired) electrons. The first-order valence-electron chi connectivity index (χ1n) is 7.14.